The summed E-state index contributed by atoms with van der Waals surface area (Å²) in [6, 6.07) is 0. The molecule has 0 spiro atoms. The van der Waals surface area contributed by atoms with E-state index >= 15 is 0 Å². The molecular formula is C11H22ClN5O. The van der Waals surface area contributed by atoms with E-state index < -0.39 is 0 Å². The summed E-state index contributed by atoms with van der Waals surface area (Å²) in [7, 11) is 0. The number of nitrogens with one attached hydrogen (secondary N) is 1. The van der Waals surface area contributed by atoms with Crippen LogP contribution in [0.5, 0.6) is 0 Å². The minimum atomic E-state index is -0.348. The van der Waals surface area contributed by atoms with E-state index in [9.17, 15) is 4.79 Å². The van der Waals surface area contributed by atoms with Crippen molar-refractivity contribution >= 4 is 18.3 Å². The number of aromatic nitrogens is 3. The Kier molecular flexibility index (Phi) is 6.86. The van der Waals surface area contributed by atoms with E-state index in [1.54, 1.807) is 17.1 Å². The molecule has 1 unspecified atom stereocenters. The van der Waals surface area contributed by atoms with E-state index in [1.807, 2.05) is 20.8 Å². The lowest BCUT2D eigenvalue weighted by molar-refractivity contribution is -0.123. The molecule has 104 valence electrons. The summed E-state index contributed by atoms with van der Waals surface area (Å²) in [5.41, 5.74) is 5.36. The van der Waals surface area contributed by atoms with Gasteiger partial charge in [0.2, 0.25) is 5.91 Å². The highest BCUT2D eigenvalue weighted by Gasteiger charge is 2.28. The SMILES string of the molecule is CC(C)C(C)(CN)NC(=O)CCn1ccnn1.Cl. The fourth-order valence-corrected chi connectivity index (χ4v) is 1.38. The van der Waals surface area contributed by atoms with Gasteiger partial charge in [0.05, 0.1) is 18.3 Å². The Hall–Kier alpha value is -1.14. The lowest BCUT2D eigenvalue weighted by Gasteiger charge is -2.33. The summed E-state index contributed by atoms with van der Waals surface area (Å²) < 4.78 is 1.63. The van der Waals surface area contributed by atoms with E-state index in [2.05, 4.69) is 15.6 Å². The first-order chi connectivity index (χ1) is 7.98. The molecule has 0 saturated heterocycles. The average molecular weight is 276 g/mol. The van der Waals surface area contributed by atoms with Crippen LogP contribution in [0, 0.1) is 5.92 Å². The number of halogens is 1. The summed E-state index contributed by atoms with van der Waals surface area (Å²) in [6.07, 6.45) is 3.71. The zero-order valence-electron chi connectivity index (χ0n) is 11.1. The Bertz CT molecular complexity index is 354. The zero-order chi connectivity index (χ0) is 12.9. The van der Waals surface area contributed by atoms with Gasteiger partial charge in [0.15, 0.2) is 0 Å². The van der Waals surface area contributed by atoms with Gasteiger partial charge >= 0.3 is 0 Å². The number of hydrogen-bond acceptors (Lipinski definition) is 4. The molecule has 1 aromatic rings. The summed E-state index contributed by atoms with van der Waals surface area (Å²) in [6.45, 7) is 7.02. The lowest BCUT2D eigenvalue weighted by Crippen LogP contribution is -2.55. The van der Waals surface area contributed by atoms with Crippen molar-refractivity contribution in [2.45, 2.75) is 39.3 Å². The molecule has 0 aliphatic carbocycles. The van der Waals surface area contributed by atoms with Gasteiger partial charge in [-0.25, -0.2) is 0 Å². The normalized spacial score (nSPS) is 13.8. The molecule has 18 heavy (non-hydrogen) atoms. The predicted octanol–water partition coefficient (Wildman–Crippen LogP) is 0.580. The molecule has 3 N–H and O–H groups in total. The highest BCUT2D eigenvalue weighted by molar-refractivity contribution is 5.85. The smallest absolute Gasteiger partial charge is 0.222 e. The van der Waals surface area contributed by atoms with Gasteiger partial charge < -0.3 is 11.1 Å². The molecule has 6 nitrogen and oxygen atoms in total. The third-order valence-electron chi connectivity index (χ3n) is 3.16. The molecule has 0 bridgehead atoms. The van der Waals surface area contributed by atoms with Crippen LogP contribution in [-0.4, -0.2) is 33.0 Å². The van der Waals surface area contributed by atoms with Gasteiger partial charge in [-0.05, 0) is 12.8 Å². The second kappa shape index (κ2) is 7.33. The Morgan fingerprint density at radius 2 is 2.22 bits per heavy atom. The maximum atomic E-state index is 11.8. The van der Waals surface area contributed by atoms with Crippen LogP contribution < -0.4 is 11.1 Å². The van der Waals surface area contributed by atoms with Crippen LogP contribution in [0.25, 0.3) is 0 Å². The molecular weight excluding hydrogens is 254 g/mol. The number of hydrogen-bond donors (Lipinski definition) is 2. The largest absolute Gasteiger partial charge is 0.349 e. The Balaban J connectivity index is 0.00000289. The van der Waals surface area contributed by atoms with Gasteiger partial charge in [-0.2, -0.15) is 0 Å². The predicted molar refractivity (Wildman–Crippen MR) is 72.3 cm³/mol. The number of nitrogens with two attached hydrogens (primary N) is 1. The van der Waals surface area contributed by atoms with Crippen molar-refractivity contribution < 1.29 is 4.79 Å². The summed E-state index contributed by atoms with van der Waals surface area (Å²) >= 11 is 0. The number of aryl methyl sites for hydroxylation is 1. The van der Waals surface area contributed by atoms with Crippen molar-refractivity contribution in [3.63, 3.8) is 0 Å². The lowest BCUT2D eigenvalue weighted by atomic mass is 9.88. The van der Waals surface area contributed by atoms with Crippen molar-refractivity contribution in [2.24, 2.45) is 11.7 Å². The van der Waals surface area contributed by atoms with Crippen LogP contribution in [0.1, 0.15) is 27.2 Å². The quantitative estimate of drug-likeness (QED) is 0.795. The van der Waals surface area contributed by atoms with Crippen LogP contribution >= 0.6 is 12.4 Å². The minimum absolute atomic E-state index is 0. The third-order valence-corrected chi connectivity index (χ3v) is 3.16. The summed E-state index contributed by atoms with van der Waals surface area (Å²) in [4.78, 5) is 11.8. The van der Waals surface area contributed by atoms with Crippen LogP contribution in [0.15, 0.2) is 12.4 Å². The first-order valence-corrected chi connectivity index (χ1v) is 5.83. The maximum Gasteiger partial charge on any atom is 0.222 e. The van der Waals surface area contributed by atoms with Crippen molar-refractivity contribution in [1.29, 1.82) is 0 Å². The molecule has 0 fully saturated rings. The van der Waals surface area contributed by atoms with Gasteiger partial charge in [0.1, 0.15) is 0 Å². The fraction of sp³-hybridized carbons (Fsp3) is 0.727. The molecule has 0 saturated carbocycles. The zero-order valence-corrected chi connectivity index (χ0v) is 11.9. The minimum Gasteiger partial charge on any atom is -0.349 e. The number of carbonyl (C=O) groups excluding carboxylic acids is 1. The second-order valence-electron chi connectivity index (χ2n) is 4.74. The number of amides is 1. The van der Waals surface area contributed by atoms with E-state index in [0.717, 1.165) is 0 Å². The van der Waals surface area contributed by atoms with Crippen LogP contribution in [0.4, 0.5) is 0 Å². The Labute approximate surface area is 114 Å². The Morgan fingerprint density at radius 1 is 1.56 bits per heavy atom. The van der Waals surface area contributed by atoms with Crippen molar-refractivity contribution in [1.82, 2.24) is 20.3 Å². The van der Waals surface area contributed by atoms with Crippen LogP contribution in [0.2, 0.25) is 0 Å². The van der Waals surface area contributed by atoms with Gasteiger partial charge in [0.25, 0.3) is 0 Å². The van der Waals surface area contributed by atoms with E-state index in [4.69, 9.17) is 5.73 Å². The monoisotopic (exact) mass is 275 g/mol. The molecule has 0 aliphatic rings. The van der Waals surface area contributed by atoms with Crippen molar-refractivity contribution in [2.75, 3.05) is 6.54 Å². The number of carbonyl (C=O) groups is 1. The molecule has 0 aromatic carbocycles. The van der Waals surface area contributed by atoms with Crippen LogP contribution in [0.3, 0.4) is 0 Å². The van der Waals surface area contributed by atoms with Gasteiger partial charge in [0, 0.05) is 19.2 Å². The van der Waals surface area contributed by atoms with E-state index in [0.29, 0.717) is 25.4 Å². The standard InChI is InChI=1S/C11H21N5O.ClH/c1-9(2)11(3,8-12)14-10(17)4-6-16-7-5-13-15-16;/h5,7,9H,4,6,8,12H2,1-3H3,(H,14,17);1H. The first-order valence-electron chi connectivity index (χ1n) is 5.83. The number of nitrogens with zero attached hydrogens (tertiary/aromatic N) is 3. The van der Waals surface area contributed by atoms with Gasteiger partial charge in [-0.1, -0.05) is 19.1 Å². The first kappa shape index (κ1) is 16.9. The van der Waals surface area contributed by atoms with E-state index in [1.165, 1.54) is 0 Å². The fourth-order valence-electron chi connectivity index (χ4n) is 1.38. The molecule has 1 rings (SSSR count). The van der Waals surface area contributed by atoms with Gasteiger partial charge in [-0.3, -0.25) is 9.48 Å². The molecule has 0 radical (unpaired) electrons. The summed E-state index contributed by atoms with van der Waals surface area (Å²) in [5, 5.41) is 10.5. The number of rotatable bonds is 6. The van der Waals surface area contributed by atoms with E-state index in [-0.39, 0.29) is 23.9 Å². The topological polar surface area (TPSA) is 85.8 Å². The average Bonchev–Trinajstić information content (AvgIpc) is 2.78. The third kappa shape index (κ3) is 4.62. The van der Waals surface area contributed by atoms with Crippen LogP contribution in [-0.2, 0) is 11.3 Å². The molecule has 1 aromatic heterocycles. The highest BCUT2D eigenvalue weighted by Crippen LogP contribution is 2.14. The molecule has 1 heterocycles. The highest BCUT2D eigenvalue weighted by atomic mass is 35.5. The maximum absolute atomic E-state index is 11.8. The Morgan fingerprint density at radius 3 is 2.67 bits per heavy atom. The van der Waals surface area contributed by atoms with Crippen molar-refractivity contribution in [3.8, 4) is 0 Å². The molecule has 1 atom stereocenters. The summed E-state index contributed by atoms with van der Waals surface area (Å²) in [5.74, 6) is 0.282. The second-order valence-corrected chi connectivity index (χ2v) is 4.74. The van der Waals surface area contributed by atoms with Gasteiger partial charge in [-0.15, -0.1) is 17.5 Å². The molecule has 1 amide bonds. The van der Waals surface area contributed by atoms with Crippen molar-refractivity contribution in [3.05, 3.63) is 12.4 Å². The molecule has 0 aliphatic heterocycles. The molecule has 7 heteroatoms.